The zero-order valence-electron chi connectivity index (χ0n) is 13.9. The van der Waals surface area contributed by atoms with Gasteiger partial charge in [0, 0.05) is 36.5 Å². The van der Waals surface area contributed by atoms with E-state index in [0.29, 0.717) is 30.9 Å². The summed E-state index contributed by atoms with van der Waals surface area (Å²) >= 11 is 1.52. The maximum Gasteiger partial charge on any atom is 0.223 e. The summed E-state index contributed by atoms with van der Waals surface area (Å²) in [6.45, 7) is 0.579. The number of methoxy groups -OCH3 is 2. The molecule has 7 heteroatoms. The monoisotopic (exact) mass is 350 g/mol. The normalized spacial score (nSPS) is 10.5. The number of hydrogen-bond donors (Lipinski definition) is 1. The number of rotatable bonds is 9. The van der Waals surface area contributed by atoms with Crippen molar-refractivity contribution in [1.29, 1.82) is 0 Å². The number of aliphatic hydroxyl groups is 1. The number of nitrogens with zero attached hydrogens (tertiary/aromatic N) is 2. The predicted octanol–water partition coefficient (Wildman–Crippen LogP) is 2.11. The summed E-state index contributed by atoms with van der Waals surface area (Å²) < 4.78 is 10.6. The minimum Gasteiger partial charge on any atom is -0.497 e. The molecule has 0 saturated carbocycles. The first-order valence-corrected chi connectivity index (χ1v) is 8.58. The molecule has 0 aliphatic rings. The molecular formula is C17H22N2O4S. The highest BCUT2D eigenvalue weighted by molar-refractivity contribution is 7.07. The molecule has 0 spiro atoms. The second kappa shape index (κ2) is 9.24. The third-order valence-corrected chi connectivity index (χ3v) is 4.29. The molecule has 0 fully saturated rings. The number of carbonyl (C=O) groups excluding carboxylic acids is 1. The molecule has 2 aromatic rings. The number of hydrogen-bond acceptors (Lipinski definition) is 6. The first-order valence-electron chi connectivity index (χ1n) is 7.64. The maximum atomic E-state index is 12.5. The number of ether oxygens (including phenoxy) is 2. The molecule has 1 aromatic carbocycles. The van der Waals surface area contributed by atoms with E-state index in [2.05, 4.69) is 4.98 Å². The van der Waals surface area contributed by atoms with Gasteiger partial charge in [0.25, 0.3) is 0 Å². The van der Waals surface area contributed by atoms with Crippen LogP contribution >= 0.6 is 11.3 Å². The standard InChI is InChI=1S/C17H22N2O4S/c1-22-15-5-3-13(16(9-15)23-2)10-19(7-8-20)17(21)6-4-14-11-24-12-18-14/h3,5,9,11-12,20H,4,6-8,10H2,1-2H3. The van der Waals surface area contributed by atoms with Crippen molar-refractivity contribution in [3.05, 3.63) is 40.3 Å². The second-order valence-electron chi connectivity index (χ2n) is 5.20. The van der Waals surface area contributed by atoms with Gasteiger partial charge in [0.15, 0.2) is 0 Å². The number of aryl methyl sites for hydroxylation is 1. The van der Waals surface area contributed by atoms with Crippen molar-refractivity contribution in [2.45, 2.75) is 19.4 Å². The van der Waals surface area contributed by atoms with Crippen molar-refractivity contribution in [3.63, 3.8) is 0 Å². The van der Waals surface area contributed by atoms with E-state index in [0.717, 1.165) is 11.3 Å². The van der Waals surface area contributed by atoms with Crippen LogP contribution in [0, 0.1) is 0 Å². The van der Waals surface area contributed by atoms with E-state index in [9.17, 15) is 9.90 Å². The zero-order valence-corrected chi connectivity index (χ0v) is 14.7. The van der Waals surface area contributed by atoms with Crippen LogP contribution < -0.4 is 9.47 Å². The van der Waals surface area contributed by atoms with Crippen molar-refractivity contribution in [3.8, 4) is 11.5 Å². The summed E-state index contributed by atoms with van der Waals surface area (Å²) in [7, 11) is 3.17. The molecule has 0 saturated heterocycles. The number of benzene rings is 1. The summed E-state index contributed by atoms with van der Waals surface area (Å²) in [5, 5.41) is 11.2. The third kappa shape index (κ3) is 4.94. The molecule has 24 heavy (non-hydrogen) atoms. The van der Waals surface area contributed by atoms with Crippen LogP contribution in [0.1, 0.15) is 17.7 Å². The number of aromatic nitrogens is 1. The fourth-order valence-corrected chi connectivity index (χ4v) is 2.95. The Kier molecular flexibility index (Phi) is 7.02. The fraction of sp³-hybridized carbons (Fsp3) is 0.412. The van der Waals surface area contributed by atoms with Crippen LogP contribution in [0.5, 0.6) is 11.5 Å². The molecular weight excluding hydrogens is 328 g/mol. The highest BCUT2D eigenvalue weighted by Gasteiger charge is 2.16. The van der Waals surface area contributed by atoms with Gasteiger partial charge in [-0.15, -0.1) is 11.3 Å². The molecule has 0 aliphatic heterocycles. The van der Waals surface area contributed by atoms with Gasteiger partial charge >= 0.3 is 0 Å². The van der Waals surface area contributed by atoms with Crippen molar-refractivity contribution in [2.24, 2.45) is 0 Å². The molecule has 1 amide bonds. The average molecular weight is 350 g/mol. The van der Waals surface area contributed by atoms with E-state index in [1.165, 1.54) is 11.3 Å². The lowest BCUT2D eigenvalue weighted by molar-refractivity contribution is -0.132. The summed E-state index contributed by atoms with van der Waals surface area (Å²) in [6, 6.07) is 5.48. The van der Waals surface area contributed by atoms with Gasteiger partial charge in [0.1, 0.15) is 11.5 Å². The quantitative estimate of drug-likeness (QED) is 0.750. The van der Waals surface area contributed by atoms with Gasteiger partial charge in [-0.3, -0.25) is 4.79 Å². The Labute approximate surface area is 145 Å². The minimum absolute atomic E-state index is 0.0186. The van der Waals surface area contributed by atoms with E-state index >= 15 is 0 Å². The molecule has 2 rings (SSSR count). The SMILES string of the molecule is COc1ccc(CN(CCO)C(=O)CCc2cscn2)c(OC)c1. The van der Waals surface area contributed by atoms with Crippen LogP contribution in [0.15, 0.2) is 29.1 Å². The molecule has 0 bridgehead atoms. The van der Waals surface area contributed by atoms with Gasteiger partial charge in [0.05, 0.1) is 32.0 Å². The number of aliphatic hydroxyl groups excluding tert-OH is 1. The lowest BCUT2D eigenvalue weighted by Gasteiger charge is -2.23. The van der Waals surface area contributed by atoms with Crippen LogP contribution in [0.2, 0.25) is 0 Å². The smallest absolute Gasteiger partial charge is 0.223 e. The Hall–Kier alpha value is -2.12. The highest BCUT2D eigenvalue weighted by Crippen LogP contribution is 2.26. The van der Waals surface area contributed by atoms with Crippen molar-refractivity contribution in [2.75, 3.05) is 27.4 Å². The van der Waals surface area contributed by atoms with Crippen LogP contribution in [-0.4, -0.2) is 48.3 Å². The first-order chi connectivity index (χ1) is 11.7. The first kappa shape index (κ1) is 18.2. The number of amides is 1. The van der Waals surface area contributed by atoms with Gasteiger partial charge in [-0.2, -0.15) is 0 Å². The van der Waals surface area contributed by atoms with Crippen LogP contribution in [0.25, 0.3) is 0 Å². The molecule has 0 aliphatic carbocycles. The third-order valence-electron chi connectivity index (χ3n) is 3.66. The lowest BCUT2D eigenvalue weighted by Crippen LogP contribution is -2.33. The van der Waals surface area contributed by atoms with E-state index in [4.69, 9.17) is 9.47 Å². The Balaban J connectivity index is 2.05. The Bertz CT molecular complexity index is 646. The van der Waals surface area contributed by atoms with Crippen molar-refractivity contribution in [1.82, 2.24) is 9.88 Å². The van der Waals surface area contributed by atoms with E-state index < -0.39 is 0 Å². The summed E-state index contributed by atoms with van der Waals surface area (Å²) in [4.78, 5) is 18.3. The lowest BCUT2D eigenvalue weighted by atomic mass is 10.1. The summed E-state index contributed by atoms with van der Waals surface area (Å²) in [5.74, 6) is 1.33. The van der Waals surface area contributed by atoms with Gasteiger partial charge in [-0.1, -0.05) is 0 Å². The summed E-state index contributed by atoms with van der Waals surface area (Å²) in [5.41, 5.74) is 3.54. The second-order valence-corrected chi connectivity index (χ2v) is 5.92. The van der Waals surface area contributed by atoms with E-state index in [1.54, 1.807) is 30.7 Å². The zero-order chi connectivity index (χ0) is 17.4. The van der Waals surface area contributed by atoms with Crippen LogP contribution in [0.4, 0.5) is 0 Å². The predicted molar refractivity (Wildman–Crippen MR) is 92.5 cm³/mol. The summed E-state index contributed by atoms with van der Waals surface area (Å²) in [6.07, 6.45) is 0.964. The Morgan fingerprint density at radius 3 is 2.79 bits per heavy atom. The molecule has 130 valence electrons. The molecule has 0 unspecified atom stereocenters. The molecule has 1 N–H and O–H groups in total. The highest BCUT2D eigenvalue weighted by atomic mass is 32.1. The van der Waals surface area contributed by atoms with Crippen molar-refractivity contribution >= 4 is 17.2 Å². The average Bonchev–Trinajstić information content (AvgIpc) is 3.13. The molecule has 6 nitrogen and oxygen atoms in total. The molecule has 0 atom stereocenters. The van der Waals surface area contributed by atoms with Crippen LogP contribution in [-0.2, 0) is 17.8 Å². The Morgan fingerprint density at radius 2 is 2.17 bits per heavy atom. The molecule has 1 aromatic heterocycles. The van der Waals surface area contributed by atoms with Gasteiger partial charge in [0.2, 0.25) is 5.91 Å². The van der Waals surface area contributed by atoms with E-state index in [-0.39, 0.29) is 19.1 Å². The van der Waals surface area contributed by atoms with Gasteiger partial charge < -0.3 is 19.5 Å². The topological polar surface area (TPSA) is 71.9 Å². The van der Waals surface area contributed by atoms with Gasteiger partial charge in [-0.25, -0.2) is 4.98 Å². The minimum atomic E-state index is -0.0824. The van der Waals surface area contributed by atoms with E-state index in [1.807, 2.05) is 17.5 Å². The fourth-order valence-electron chi connectivity index (χ4n) is 2.35. The molecule has 0 radical (unpaired) electrons. The number of carbonyl (C=O) groups is 1. The molecule has 1 heterocycles. The van der Waals surface area contributed by atoms with Gasteiger partial charge in [-0.05, 0) is 18.6 Å². The Morgan fingerprint density at radius 1 is 1.33 bits per heavy atom. The van der Waals surface area contributed by atoms with Crippen LogP contribution in [0.3, 0.4) is 0 Å². The largest absolute Gasteiger partial charge is 0.497 e. The number of thiazole rings is 1. The maximum absolute atomic E-state index is 12.5. The van der Waals surface area contributed by atoms with Crippen molar-refractivity contribution < 1.29 is 19.4 Å².